The predicted molar refractivity (Wildman–Crippen MR) is 43.8 cm³/mol. The van der Waals surface area contributed by atoms with Crippen LogP contribution in [0.3, 0.4) is 0 Å². The van der Waals surface area contributed by atoms with E-state index in [-0.39, 0.29) is 4.90 Å². The Morgan fingerprint density at radius 3 is 2.00 bits per heavy atom. The van der Waals surface area contributed by atoms with Crippen molar-refractivity contribution in [1.29, 1.82) is 0 Å². The van der Waals surface area contributed by atoms with Gasteiger partial charge in [0.25, 0.3) is 9.84 Å². The van der Waals surface area contributed by atoms with Gasteiger partial charge in [-0.1, -0.05) is 17.7 Å². The van der Waals surface area contributed by atoms with Crippen LogP contribution < -0.4 is 0 Å². The monoisotopic (exact) mass is 205 g/mol. The number of hydrogen-bond acceptors (Lipinski definition) is 2. The third-order valence-corrected chi connectivity index (χ3v) is 2.83. The van der Waals surface area contributed by atoms with E-state index < -0.39 is 15.6 Å². The van der Waals surface area contributed by atoms with Gasteiger partial charge in [0.15, 0.2) is 0 Å². The standard InChI is InChI=1S/C8H7F2O2S/c1-6-2-4-7(5-3-6)13(11,12)8(9)10/h2-5H,1H3. The fourth-order valence-corrected chi connectivity index (χ4v) is 1.48. The van der Waals surface area contributed by atoms with Crippen LogP contribution in [0, 0.1) is 12.7 Å². The average molecular weight is 205 g/mol. The highest BCUT2D eigenvalue weighted by atomic mass is 32.2. The van der Waals surface area contributed by atoms with Crippen molar-refractivity contribution in [3.63, 3.8) is 0 Å². The smallest absolute Gasteiger partial charge is 0.217 e. The number of rotatable bonds is 2. The van der Waals surface area contributed by atoms with Gasteiger partial charge in [0.05, 0.1) is 4.90 Å². The third kappa shape index (κ3) is 2.03. The number of hydrogen-bond donors (Lipinski definition) is 0. The minimum Gasteiger partial charge on any atom is -0.217 e. The van der Waals surface area contributed by atoms with E-state index in [1.54, 1.807) is 6.92 Å². The Morgan fingerprint density at radius 1 is 1.15 bits per heavy atom. The van der Waals surface area contributed by atoms with Gasteiger partial charge >= 0.3 is 5.76 Å². The van der Waals surface area contributed by atoms with Gasteiger partial charge in [0.2, 0.25) is 0 Å². The molecule has 0 aliphatic carbocycles. The summed E-state index contributed by atoms with van der Waals surface area (Å²) in [6.07, 6.45) is 0. The molecular formula is C8H7F2O2S. The lowest BCUT2D eigenvalue weighted by Gasteiger charge is -2.00. The Morgan fingerprint density at radius 2 is 1.62 bits per heavy atom. The van der Waals surface area contributed by atoms with E-state index in [0.29, 0.717) is 0 Å². The van der Waals surface area contributed by atoms with Gasteiger partial charge in [0.1, 0.15) is 0 Å². The van der Waals surface area contributed by atoms with Gasteiger partial charge in [-0.15, -0.1) is 0 Å². The molecule has 1 radical (unpaired) electrons. The maximum atomic E-state index is 11.9. The highest BCUT2D eigenvalue weighted by Crippen LogP contribution is 2.23. The molecule has 1 rings (SSSR count). The van der Waals surface area contributed by atoms with E-state index in [9.17, 15) is 17.2 Å². The van der Waals surface area contributed by atoms with Crippen molar-refractivity contribution in [3.05, 3.63) is 35.6 Å². The predicted octanol–water partition coefficient (Wildman–Crippen LogP) is 2.15. The Hall–Kier alpha value is -0.970. The number of halogens is 2. The molecule has 0 atom stereocenters. The maximum absolute atomic E-state index is 11.9. The lowest BCUT2D eigenvalue weighted by Crippen LogP contribution is -2.04. The quantitative estimate of drug-likeness (QED) is 0.741. The molecule has 0 spiro atoms. The Kier molecular flexibility index (Phi) is 2.66. The second kappa shape index (κ2) is 3.41. The van der Waals surface area contributed by atoms with Crippen LogP contribution in [0.5, 0.6) is 0 Å². The first kappa shape index (κ1) is 10.1. The summed E-state index contributed by atoms with van der Waals surface area (Å²) in [7, 11) is -4.51. The van der Waals surface area contributed by atoms with Crippen LogP contribution in [0.4, 0.5) is 8.78 Å². The highest BCUT2D eigenvalue weighted by Gasteiger charge is 2.28. The summed E-state index contributed by atoms with van der Waals surface area (Å²) in [5.74, 6) is -2.57. The van der Waals surface area contributed by atoms with Crippen molar-refractivity contribution in [3.8, 4) is 0 Å². The van der Waals surface area contributed by atoms with Crippen molar-refractivity contribution >= 4 is 9.84 Å². The van der Waals surface area contributed by atoms with Crippen molar-refractivity contribution in [2.75, 3.05) is 0 Å². The Balaban J connectivity index is 3.17. The van der Waals surface area contributed by atoms with Crippen LogP contribution in [-0.4, -0.2) is 8.42 Å². The third-order valence-electron chi connectivity index (χ3n) is 1.53. The SMILES string of the molecule is Cc1ccc(S(=O)(=O)[C](F)F)cc1. The molecule has 0 saturated heterocycles. The molecule has 2 nitrogen and oxygen atoms in total. The molecule has 0 saturated carbocycles. The van der Waals surface area contributed by atoms with Gasteiger partial charge in [-0.25, -0.2) is 8.42 Å². The largest absolute Gasteiger partial charge is 0.426 e. The van der Waals surface area contributed by atoms with Crippen LogP contribution >= 0.6 is 0 Å². The van der Waals surface area contributed by atoms with Crippen LogP contribution in [0.25, 0.3) is 0 Å². The maximum Gasteiger partial charge on any atom is 0.426 e. The second-order valence-corrected chi connectivity index (χ2v) is 4.33. The zero-order valence-corrected chi connectivity index (χ0v) is 7.61. The minimum absolute atomic E-state index is 0.377. The molecule has 0 amide bonds. The molecule has 0 aromatic heterocycles. The second-order valence-electron chi connectivity index (χ2n) is 2.54. The Bertz CT molecular complexity index is 381. The molecule has 13 heavy (non-hydrogen) atoms. The van der Waals surface area contributed by atoms with E-state index in [0.717, 1.165) is 17.7 Å². The molecule has 1 aromatic carbocycles. The van der Waals surface area contributed by atoms with E-state index in [1.165, 1.54) is 12.1 Å². The van der Waals surface area contributed by atoms with Gasteiger partial charge in [-0.2, -0.15) is 8.78 Å². The molecule has 0 heterocycles. The average Bonchev–Trinajstić information content (AvgIpc) is 2.04. The fraction of sp³-hybridized carbons (Fsp3) is 0.125. The normalized spacial score (nSPS) is 12.0. The summed E-state index contributed by atoms with van der Waals surface area (Å²) >= 11 is 0. The van der Waals surface area contributed by atoms with Gasteiger partial charge < -0.3 is 0 Å². The summed E-state index contributed by atoms with van der Waals surface area (Å²) in [5.41, 5.74) is 0.818. The lowest BCUT2D eigenvalue weighted by atomic mass is 10.2. The Labute approximate surface area is 75.1 Å². The van der Waals surface area contributed by atoms with E-state index >= 15 is 0 Å². The minimum atomic E-state index is -4.51. The highest BCUT2D eigenvalue weighted by molar-refractivity contribution is 7.93. The van der Waals surface area contributed by atoms with Crippen LogP contribution in [0.2, 0.25) is 0 Å². The van der Waals surface area contributed by atoms with Gasteiger partial charge in [-0.3, -0.25) is 0 Å². The molecule has 0 fully saturated rings. The molecule has 0 unspecified atom stereocenters. The van der Waals surface area contributed by atoms with E-state index in [2.05, 4.69) is 0 Å². The first-order valence-electron chi connectivity index (χ1n) is 3.44. The van der Waals surface area contributed by atoms with Crippen molar-refractivity contribution in [1.82, 2.24) is 0 Å². The lowest BCUT2D eigenvalue weighted by molar-refractivity contribution is 0.353. The molecule has 1 aromatic rings. The summed E-state index contributed by atoms with van der Waals surface area (Å²) in [4.78, 5) is -0.377. The van der Waals surface area contributed by atoms with Gasteiger partial charge in [-0.05, 0) is 19.1 Å². The molecule has 0 bridgehead atoms. The summed E-state index contributed by atoms with van der Waals surface area (Å²) in [6.45, 7) is 1.74. The van der Waals surface area contributed by atoms with E-state index in [4.69, 9.17) is 0 Å². The summed E-state index contributed by atoms with van der Waals surface area (Å²) in [6, 6.07) is 5.25. The van der Waals surface area contributed by atoms with Crippen molar-refractivity contribution < 1.29 is 17.2 Å². The van der Waals surface area contributed by atoms with Crippen molar-refractivity contribution in [2.45, 2.75) is 11.8 Å². The number of benzene rings is 1. The van der Waals surface area contributed by atoms with Crippen LogP contribution in [-0.2, 0) is 9.84 Å². The summed E-state index contributed by atoms with van der Waals surface area (Å²) < 4.78 is 45.6. The molecule has 0 N–H and O–H groups in total. The van der Waals surface area contributed by atoms with Gasteiger partial charge in [0, 0.05) is 0 Å². The van der Waals surface area contributed by atoms with Crippen molar-refractivity contribution in [2.24, 2.45) is 0 Å². The van der Waals surface area contributed by atoms with Crippen LogP contribution in [0.15, 0.2) is 29.2 Å². The zero-order valence-electron chi connectivity index (χ0n) is 6.79. The molecule has 0 aliphatic rings. The number of sulfone groups is 1. The topological polar surface area (TPSA) is 34.1 Å². The zero-order chi connectivity index (χ0) is 10.1. The summed E-state index contributed by atoms with van der Waals surface area (Å²) in [5, 5.41) is 0. The molecule has 5 heteroatoms. The molecule has 0 aliphatic heterocycles. The first-order valence-corrected chi connectivity index (χ1v) is 4.92. The molecular weight excluding hydrogens is 198 g/mol. The van der Waals surface area contributed by atoms with Crippen LogP contribution in [0.1, 0.15) is 5.56 Å². The van der Waals surface area contributed by atoms with E-state index in [1.807, 2.05) is 0 Å². The fourth-order valence-electron chi connectivity index (χ4n) is 0.807. The molecule has 71 valence electrons. The number of aryl methyl sites for hydroxylation is 1. The first-order chi connectivity index (χ1) is 5.94.